The van der Waals surface area contributed by atoms with Crippen LogP contribution in [-0.2, 0) is 40.0 Å². The van der Waals surface area contributed by atoms with Gasteiger partial charge in [-0.25, -0.2) is 4.79 Å². The Labute approximate surface area is 210 Å². The zero-order valence-corrected chi connectivity index (χ0v) is 19.6. The van der Waals surface area contributed by atoms with Gasteiger partial charge in [0.05, 0.1) is 18.9 Å². The maximum atomic E-state index is 13.0. The summed E-state index contributed by atoms with van der Waals surface area (Å²) in [4.78, 5) is 82.7. The van der Waals surface area contributed by atoms with Crippen LogP contribution in [-0.4, -0.2) is 81.0 Å². The van der Waals surface area contributed by atoms with Crippen LogP contribution in [0.2, 0.25) is 0 Å². The molecule has 0 aromatic heterocycles. The molecule has 0 saturated heterocycles. The van der Waals surface area contributed by atoms with Crippen molar-refractivity contribution in [1.29, 1.82) is 0 Å². The van der Waals surface area contributed by atoms with Gasteiger partial charge in [0.2, 0.25) is 23.6 Å². The van der Waals surface area contributed by atoms with Crippen molar-refractivity contribution in [2.75, 3.05) is 0 Å². The number of rotatable bonds is 16. The molecule has 1 rings (SSSR count). The van der Waals surface area contributed by atoms with E-state index in [1.807, 2.05) is 0 Å². The van der Waals surface area contributed by atoms with Crippen molar-refractivity contribution >= 4 is 41.5 Å². The van der Waals surface area contributed by atoms with Crippen LogP contribution >= 0.6 is 0 Å². The molecule has 0 heterocycles. The molecule has 0 aliphatic carbocycles. The molecule has 4 amide bonds. The maximum Gasteiger partial charge on any atom is 0.326 e. The minimum Gasteiger partial charge on any atom is -0.481 e. The molecular weight excluding hydrogens is 494 g/mol. The summed E-state index contributed by atoms with van der Waals surface area (Å²) < 4.78 is 0. The second kappa shape index (κ2) is 14.8. The van der Waals surface area contributed by atoms with Crippen LogP contribution in [0.5, 0.6) is 0 Å². The number of nitrogens with one attached hydrogen (secondary N) is 3. The second-order valence-electron chi connectivity index (χ2n) is 8.02. The number of nitrogens with two attached hydrogens (primary N) is 2. The summed E-state index contributed by atoms with van der Waals surface area (Å²) >= 11 is 0. The molecule has 0 spiro atoms. The average Bonchev–Trinajstić information content (AvgIpc) is 2.80. The molecule has 202 valence electrons. The summed E-state index contributed by atoms with van der Waals surface area (Å²) in [5.74, 6) is -8.28. The predicted molar refractivity (Wildman–Crippen MR) is 124 cm³/mol. The van der Waals surface area contributed by atoms with Crippen LogP contribution in [0.3, 0.4) is 0 Å². The normalized spacial score (nSPS) is 13.8. The lowest BCUT2D eigenvalue weighted by Crippen LogP contribution is -2.58. The highest BCUT2D eigenvalue weighted by molar-refractivity contribution is 5.96. The molecule has 15 nitrogen and oxygen atoms in total. The quantitative estimate of drug-likeness (QED) is 0.110. The van der Waals surface area contributed by atoms with Gasteiger partial charge in [0, 0.05) is 12.8 Å². The van der Waals surface area contributed by atoms with Crippen LogP contribution in [0, 0.1) is 0 Å². The summed E-state index contributed by atoms with van der Waals surface area (Å²) in [6, 6.07) is 2.14. The Bertz CT molecular complexity index is 1020. The third-order valence-electron chi connectivity index (χ3n) is 4.95. The van der Waals surface area contributed by atoms with Gasteiger partial charge in [0.25, 0.3) is 0 Å². The van der Waals surface area contributed by atoms with Gasteiger partial charge in [-0.15, -0.1) is 0 Å². The van der Waals surface area contributed by atoms with E-state index in [0.717, 1.165) is 0 Å². The Morgan fingerprint density at radius 2 is 1.27 bits per heavy atom. The van der Waals surface area contributed by atoms with Crippen molar-refractivity contribution in [3.63, 3.8) is 0 Å². The van der Waals surface area contributed by atoms with E-state index < -0.39 is 91.4 Å². The number of carboxylic acids is 3. The number of carbonyl (C=O) groups excluding carboxylic acids is 4. The van der Waals surface area contributed by atoms with Gasteiger partial charge in [-0.1, -0.05) is 30.3 Å². The summed E-state index contributed by atoms with van der Waals surface area (Å²) in [6.45, 7) is 0. The third kappa shape index (κ3) is 11.6. The van der Waals surface area contributed by atoms with E-state index in [1.54, 1.807) is 30.3 Å². The number of carboxylic acid groups (broad SMARTS) is 3. The molecule has 0 saturated carbocycles. The molecular formula is C22H29N5O10. The maximum absolute atomic E-state index is 13.0. The lowest BCUT2D eigenvalue weighted by molar-refractivity contribution is -0.143. The Morgan fingerprint density at radius 1 is 0.730 bits per heavy atom. The highest BCUT2D eigenvalue weighted by atomic mass is 16.4. The smallest absolute Gasteiger partial charge is 0.326 e. The lowest BCUT2D eigenvalue weighted by atomic mass is 10.0. The third-order valence-corrected chi connectivity index (χ3v) is 4.95. The standard InChI is InChI=1S/C22H29N5O10/c23-12(9-18(31)32)19(33)26-14(8-11-4-2-1-3-5-11)20(34)27-15(10-16(24)28)21(35)25-13(22(36)37)6-7-17(29)30/h1-5,12-15H,6-10,23H2,(H2,24,28)(H,25,35)(H,26,33)(H,27,34)(H,29,30)(H,31,32)(H,36,37). The summed E-state index contributed by atoms with van der Waals surface area (Å²) in [5.41, 5.74) is 11.3. The molecule has 0 radical (unpaired) electrons. The van der Waals surface area contributed by atoms with Gasteiger partial charge in [0.15, 0.2) is 0 Å². The first kappa shape index (κ1) is 30.5. The average molecular weight is 523 g/mol. The second-order valence-corrected chi connectivity index (χ2v) is 8.02. The SMILES string of the molecule is NC(=O)CC(NC(=O)C(Cc1ccccc1)NC(=O)C(N)CC(=O)O)C(=O)NC(CCC(=O)O)C(=O)O. The fourth-order valence-corrected chi connectivity index (χ4v) is 3.10. The van der Waals surface area contributed by atoms with Gasteiger partial charge < -0.3 is 42.7 Å². The molecule has 4 atom stereocenters. The molecule has 15 heteroatoms. The van der Waals surface area contributed by atoms with E-state index in [0.29, 0.717) is 5.56 Å². The first-order valence-electron chi connectivity index (χ1n) is 11.0. The van der Waals surface area contributed by atoms with Gasteiger partial charge in [-0.2, -0.15) is 0 Å². The monoisotopic (exact) mass is 523 g/mol. The van der Waals surface area contributed by atoms with E-state index in [-0.39, 0.29) is 6.42 Å². The number of aliphatic carboxylic acids is 3. The zero-order valence-electron chi connectivity index (χ0n) is 19.6. The van der Waals surface area contributed by atoms with Crippen LogP contribution < -0.4 is 27.4 Å². The van der Waals surface area contributed by atoms with Gasteiger partial charge in [-0.3, -0.25) is 28.8 Å². The molecule has 0 fully saturated rings. The number of hydrogen-bond acceptors (Lipinski definition) is 8. The molecule has 1 aromatic rings. The van der Waals surface area contributed by atoms with Crippen LogP contribution in [0.1, 0.15) is 31.2 Å². The van der Waals surface area contributed by atoms with E-state index in [9.17, 15) is 38.7 Å². The molecule has 10 N–H and O–H groups in total. The van der Waals surface area contributed by atoms with Crippen LogP contribution in [0.4, 0.5) is 0 Å². The lowest BCUT2D eigenvalue weighted by Gasteiger charge is -2.24. The molecule has 1 aromatic carbocycles. The van der Waals surface area contributed by atoms with Crippen molar-refractivity contribution in [2.24, 2.45) is 11.5 Å². The van der Waals surface area contributed by atoms with E-state index in [1.165, 1.54) is 0 Å². The molecule has 0 bridgehead atoms. The van der Waals surface area contributed by atoms with Crippen molar-refractivity contribution in [1.82, 2.24) is 16.0 Å². The van der Waals surface area contributed by atoms with E-state index in [4.69, 9.17) is 21.7 Å². The minimum absolute atomic E-state index is 0.112. The summed E-state index contributed by atoms with van der Waals surface area (Å²) in [6.07, 6.45) is -2.62. The van der Waals surface area contributed by atoms with Crippen molar-refractivity contribution in [3.05, 3.63) is 35.9 Å². The number of hydrogen-bond donors (Lipinski definition) is 8. The Hall–Kier alpha value is -4.53. The van der Waals surface area contributed by atoms with Crippen LogP contribution in [0.15, 0.2) is 30.3 Å². The summed E-state index contributed by atoms with van der Waals surface area (Å²) in [5, 5.41) is 33.5. The molecule has 37 heavy (non-hydrogen) atoms. The Balaban J connectivity index is 3.11. The summed E-state index contributed by atoms with van der Waals surface area (Å²) in [7, 11) is 0. The number of primary amides is 1. The van der Waals surface area contributed by atoms with Gasteiger partial charge >= 0.3 is 17.9 Å². The first-order chi connectivity index (χ1) is 17.3. The van der Waals surface area contributed by atoms with Gasteiger partial charge in [-0.05, 0) is 12.0 Å². The van der Waals surface area contributed by atoms with Gasteiger partial charge in [0.1, 0.15) is 18.1 Å². The van der Waals surface area contributed by atoms with Crippen molar-refractivity contribution in [3.8, 4) is 0 Å². The molecule has 0 aliphatic rings. The number of benzene rings is 1. The van der Waals surface area contributed by atoms with Crippen molar-refractivity contribution < 1.29 is 48.9 Å². The van der Waals surface area contributed by atoms with Crippen LogP contribution in [0.25, 0.3) is 0 Å². The molecule has 0 aliphatic heterocycles. The molecule has 4 unspecified atom stereocenters. The fraction of sp³-hybridized carbons (Fsp3) is 0.409. The largest absolute Gasteiger partial charge is 0.481 e. The Morgan fingerprint density at radius 3 is 1.78 bits per heavy atom. The fourth-order valence-electron chi connectivity index (χ4n) is 3.10. The highest BCUT2D eigenvalue weighted by Crippen LogP contribution is 2.06. The number of amides is 4. The number of carbonyl (C=O) groups is 7. The van der Waals surface area contributed by atoms with Crippen molar-refractivity contribution in [2.45, 2.75) is 56.3 Å². The van der Waals surface area contributed by atoms with E-state index in [2.05, 4.69) is 16.0 Å². The topological polar surface area (TPSA) is 268 Å². The zero-order chi connectivity index (χ0) is 28.1. The highest BCUT2D eigenvalue weighted by Gasteiger charge is 2.31. The van der Waals surface area contributed by atoms with E-state index >= 15 is 0 Å². The first-order valence-corrected chi connectivity index (χ1v) is 11.0. The Kier molecular flexibility index (Phi) is 12.2. The predicted octanol–water partition coefficient (Wildman–Crippen LogP) is -2.69. The minimum atomic E-state index is -1.67.